The highest BCUT2D eigenvalue weighted by atomic mass is 79.9. The van der Waals surface area contributed by atoms with Crippen LogP contribution in [0.1, 0.15) is 25.0 Å². The van der Waals surface area contributed by atoms with E-state index in [0.29, 0.717) is 18.8 Å². The van der Waals surface area contributed by atoms with E-state index in [1.54, 1.807) is 24.0 Å². The highest BCUT2D eigenvalue weighted by molar-refractivity contribution is 9.10. The standard InChI is InChI=1S/C21H24BrN3O4S/c1-3-23-21(27)15(2)24(12-17-5-4-6-18(22)11-17)20(26)14-30-13-16-7-9-19(10-8-16)25(28)29/h4-11,15H,3,12-14H2,1-2H3,(H,23,27)/t15-/m1/s1. The number of thioether (sulfide) groups is 1. The Labute approximate surface area is 188 Å². The lowest BCUT2D eigenvalue weighted by molar-refractivity contribution is -0.384. The summed E-state index contributed by atoms with van der Waals surface area (Å²) in [6, 6.07) is 13.3. The molecule has 0 radical (unpaired) electrons. The van der Waals surface area contributed by atoms with Gasteiger partial charge in [0, 0.05) is 35.4 Å². The molecule has 0 saturated carbocycles. The summed E-state index contributed by atoms with van der Waals surface area (Å²) in [6.45, 7) is 4.39. The fourth-order valence-electron chi connectivity index (χ4n) is 2.79. The lowest BCUT2D eigenvalue weighted by Gasteiger charge is -2.28. The van der Waals surface area contributed by atoms with Crippen molar-refractivity contribution in [3.05, 3.63) is 74.2 Å². The molecule has 2 aromatic carbocycles. The molecule has 0 heterocycles. The highest BCUT2D eigenvalue weighted by Gasteiger charge is 2.25. The van der Waals surface area contributed by atoms with Crippen LogP contribution < -0.4 is 5.32 Å². The fourth-order valence-corrected chi connectivity index (χ4v) is 4.11. The van der Waals surface area contributed by atoms with Crippen LogP contribution >= 0.6 is 27.7 Å². The van der Waals surface area contributed by atoms with Crippen LogP contribution in [0.3, 0.4) is 0 Å². The molecule has 2 aromatic rings. The van der Waals surface area contributed by atoms with E-state index >= 15 is 0 Å². The molecule has 7 nitrogen and oxygen atoms in total. The minimum absolute atomic E-state index is 0.0378. The van der Waals surface area contributed by atoms with E-state index in [2.05, 4.69) is 21.2 Å². The number of carbonyl (C=O) groups is 2. The minimum atomic E-state index is -0.601. The zero-order valence-electron chi connectivity index (χ0n) is 16.8. The van der Waals surface area contributed by atoms with Crippen molar-refractivity contribution in [2.24, 2.45) is 0 Å². The quantitative estimate of drug-likeness (QED) is 0.396. The number of non-ortho nitro benzene ring substituents is 1. The minimum Gasteiger partial charge on any atom is -0.355 e. The van der Waals surface area contributed by atoms with Gasteiger partial charge in [0.1, 0.15) is 6.04 Å². The Morgan fingerprint density at radius 1 is 1.20 bits per heavy atom. The lowest BCUT2D eigenvalue weighted by atomic mass is 10.1. The van der Waals surface area contributed by atoms with Crippen molar-refractivity contribution < 1.29 is 14.5 Å². The Morgan fingerprint density at radius 3 is 2.50 bits per heavy atom. The molecule has 1 N–H and O–H groups in total. The monoisotopic (exact) mass is 493 g/mol. The first-order valence-corrected chi connectivity index (χ1v) is 11.4. The Morgan fingerprint density at radius 2 is 1.90 bits per heavy atom. The van der Waals surface area contributed by atoms with E-state index in [4.69, 9.17) is 0 Å². The number of nitrogens with zero attached hydrogens (tertiary/aromatic N) is 2. The van der Waals surface area contributed by atoms with Crippen molar-refractivity contribution in [2.75, 3.05) is 12.3 Å². The molecular weight excluding hydrogens is 470 g/mol. The Balaban J connectivity index is 2.03. The van der Waals surface area contributed by atoms with Crippen molar-refractivity contribution in [3.8, 4) is 0 Å². The molecule has 0 fully saturated rings. The van der Waals surface area contributed by atoms with E-state index in [9.17, 15) is 19.7 Å². The van der Waals surface area contributed by atoms with Gasteiger partial charge < -0.3 is 10.2 Å². The van der Waals surface area contributed by atoms with Crippen LogP contribution in [-0.4, -0.2) is 40.0 Å². The van der Waals surface area contributed by atoms with Crippen molar-refractivity contribution in [2.45, 2.75) is 32.2 Å². The number of nitrogens with one attached hydrogen (secondary N) is 1. The molecule has 0 saturated heterocycles. The molecule has 1 atom stereocenters. The van der Waals surface area contributed by atoms with Gasteiger partial charge in [-0.2, -0.15) is 0 Å². The van der Waals surface area contributed by atoms with E-state index in [-0.39, 0.29) is 23.3 Å². The maximum Gasteiger partial charge on any atom is 0.269 e. The van der Waals surface area contributed by atoms with Crippen molar-refractivity contribution in [1.82, 2.24) is 10.2 Å². The third kappa shape index (κ3) is 7.14. The van der Waals surface area contributed by atoms with Gasteiger partial charge in [0.15, 0.2) is 0 Å². The predicted molar refractivity (Wildman–Crippen MR) is 122 cm³/mol. The van der Waals surface area contributed by atoms with Gasteiger partial charge in [0.2, 0.25) is 11.8 Å². The molecule has 0 aliphatic heterocycles. The summed E-state index contributed by atoms with van der Waals surface area (Å²) in [5.74, 6) is 0.417. The maximum absolute atomic E-state index is 12.9. The SMILES string of the molecule is CCNC(=O)[C@@H](C)N(Cc1cccc(Br)c1)C(=O)CSCc1ccc([N+](=O)[O-])cc1. The summed E-state index contributed by atoms with van der Waals surface area (Å²) in [4.78, 5) is 37.2. The average Bonchev–Trinajstić information content (AvgIpc) is 2.72. The van der Waals surface area contributed by atoms with Crippen molar-refractivity contribution >= 4 is 45.2 Å². The van der Waals surface area contributed by atoms with Crippen LogP contribution in [0.15, 0.2) is 53.0 Å². The van der Waals surface area contributed by atoms with Gasteiger partial charge in [-0.3, -0.25) is 19.7 Å². The second-order valence-corrected chi connectivity index (χ2v) is 8.54. The second-order valence-electron chi connectivity index (χ2n) is 6.64. The van der Waals surface area contributed by atoms with Crippen molar-refractivity contribution in [3.63, 3.8) is 0 Å². The Bertz CT molecular complexity index is 892. The molecule has 0 aliphatic carbocycles. The molecule has 2 rings (SSSR count). The number of nitro benzene ring substituents is 1. The molecule has 30 heavy (non-hydrogen) atoms. The topological polar surface area (TPSA) is 92.6 Å². The molecule has 0 bridgehead atoms. The smallest absolute Gasteiger partial charge is 0.269 e. The summed E-state index contributed by atoms with van der Waals surface area (Å²) in [5.41, 5.74) is 1.86. The van der Waals surface area contributed by atoms with Gasteiger partial charge in [-0.05, 0) is 37.1 Å². The van der Waals surface area contributed by atoms with Gasteiger partial charge in [0.25, 0.3) is 5.69 Å². The number of rotatable bonds is 10. The summed E-state index contributed by atoms with van der Waals surface area (Å²) < 4.78 is 0.908. The fraction of sp³-hybridized carbons (Fsp3) is 0.333. The zero-order valence-corrected chi connectivity index (χ0v) is 19.2. The first kappa shape index (κ1) is 23.9. The van der Waals surface area contributed by atoms with E-state index in [0.717, 1.165) is 15.6 Å². The third-order valence-corrected chi connectivity index (χ3v) is 5.88. The Kier molecular flexibility index (Phi) is 9.32. The van der Waals surface area contributed by atoms with E-state index in [1.165, 1.54) is 23.9 Å². The lowest BCUT2D eigenvalue weighted by Crippen LogP contribution is -2.48. The van der Waals surface area contributed by atoms with Crippen LogP contribution in [0.5, 0.6) is 0 Å². The third-order valence-electron chi connectivity index (χ3n) is 4.40. The van der Waals surface area contributed by atoms with Crippen LogP contribution in [0, 0.1) is 10.1 Å². The molecule has 0 aromatic heterocycles. The number of likely N-dealkylation sites (N-methyl/N-ethyl adjacent to an activating group) is 1. The summed E-state index contributed by atoms with van der Waals surface area (Å²) in [6.07, 6.45) is 0. The number of benzene rings is 2. The molecule has 2 amide bonds. The summed E-state index contributed by atoms with van der Waals surface area (Å²) in [5, 5.41) is 13.5. The molecule has 0 unspecified atom stereocenters. The normalized spacial score (nSPS) is 11.6. The Hall–Kier alpha value is -2.39. The molecule has 0 spiro atoms. The molecular formula is C21H24BrN3O4S. The van der Waals surface area contributed by atoms with Gasteiger partial charge >= 0.3 is 0 Å². The number of amides is 2. The number of hydrogen-bond donors (Lipinski definition) is 1. The average molecular weight is 494 g/mol. The van der Waals surface area contributed by atoms with Crippen LogP contribution in [0.4, 0.5) is 5.69 Å². The second kappa shape index (κ2) is 11.7. The number of carbonyl (C=O) groups excluding carboxylic acids is 2. The highest BCUT2D eigenvalue weighted by Crippen LogP contribution is 2.19. The van der Waals surface area contributed by atoms with Gasteiger partial charge in [-0.15, -0.1) is 11.8 Å². The first-order chi connectivity index (χ1) is 14.3. The van der Waals surface area contributed by atoms with Crippen LogP contribution in [0.25, 0.3) is 0 Å². The number of nitro groups is 1. The molecule has 160 valence electrons. The van der Waals surface area contributed by atoms with Crippen molar-refractivity contribution in [1.29, 1.82) is 0 Å². The predicted octanol–water partition coefficient (Wildman–Crippen LogP) is 4.14. The number of hydrogen-bond acceptors (Lipinski definition) is 5. The zero-order chi connectivity index (χ0) is 22.1. The maximum atomic E-state index is 12.9. The molecule has 9 heteroatoms. The van der Waals surface area contributed by atoms with Crippen LogP contribution in [0.2, 0.25) is 0 Å². The number of halogens is 1. The molecule has 0 aliphatic rings. The van der Waals surface area contributed by atoms with Gasteiger partial charge in [0.05, 0.1) is 10.7 Å². The largest absolute Gasteiger partial charge is 0.355 e. The summed E-state index contributed by atoms with van der Waals surface area (Å²) >= 11 is 4.84. The van der Waals surface area contributed by atoms with E-state index < -0.39 is 11.0 Å². The first-order valence-electron chi connectivity index (χ1n) is 9.44. The van der Waals surface area contributed by atoms with Gasteiger partial charge in [-0.1, -0.05) is 40.2 Å². The van der Waals surface area contributed by atoms with Crippen LogP contribution in [-0.2, 0) is 21.9 Å². The van der Waals surface area contributed by atoms with E-state index in [1.807, 2.05) is 31.2 Å². The van der Waals surface area contributed by atoms with Gasteiger partial charge in [-0.25, -0.2) is 0 Å². The summed E-state index contributed by atoms with van der Waals surface area (Å²) in [7, 11) is 0.